The third kappa shape index (κ3) is 8.59. The number of benzene rings is 1. The molecule has 1 N–H and O–H groups in total. The molecule has 2 unspecified atom stereocenters. The van der Waals surface area contributed by atoms with Gasteiger partial charge >= 0.3 is 6.03 Å². The Bertz CT molecular complexity index is 1050. The lowest BCUT2D eigenvalue weighted by Gasteiger charge is -2.36. The van der Waals surface area contributed by atoms with Crippen LogP contribution in [0.3, 0.4) is 0 Å². The molecule has 1 saturated carbocycles. The second-order valence-electron chi connectivity index (χ2n) is 13.7. The number of nitrogens with zero attached hydrogens (tertiary/aromatic N) is 3. The van der Waals surface area contributed by atoms with Gasteiger partial charge in [0.2, 0.25) is 5.91 Å². The molecule has 5 rings (SSSR count). The Labute approximate surface area is 258 Å². The van der Waals surface area contributed by atoms with Gasteiger partial charge in [-0.25, -0.2) is 4.79 Å². The fourth-order valence-corrected chi connectivity index (χ4v) is 7.85. The molecule has 4 aliphatic rings. The molecular formula is C35H54N4O4. The van der Waals surface area contributed by atoms with Crippen LogP contribution in [0.15, 0.2) is 30.3 Å². The molecule has 3 amide bonds. The summed E-state index contributed by atoms with van der Waals surface area (Å²) in [6, 6.07) is 11.7. The van der Waals surface area contributed by atoms with Crippen molar-refractivity contribution in [3.05, 3.63) is 35.9 Å². The first-order valence-electron chi connectivity index (χ1n) is 17.1. The molecule has 4 fully saturated rings. The third-order valence-corrected chi connectivity index (χ3v) is 10.5. The van der Waals surface area contributed by atoms with Gasteiger partial charge in [-0.05, 0) is 89.5 Å². The topological polar surface area (TPSA) is 82.2 Å². The van der Waals surface area contributed by atoms with Crippen LogP contribution in [0.5, 0.6) is 0 Å². The van der Waals surface area contributed by atoms with E-state index in [2.05, 4.69) is 46.0 Å². The Kier molecular flexibility index (Phi) is 11.5. The van der Waals surface area contributed by atoms with E-state index in [1.807, 2.05) is 18.2 Å². The Hall–Kier alpha value is -2.45. The van der Waals surface area contributed by atoms with Crippen LogP contribution in [0.25, 0.3) is 0 Å². The van der Waals surface area contributed by atoms with Crippen LogP contribution >= 0.6 is 0 Å². The first kappa shape index (κ1) is 32.0. The molecule has 0 aromatic heterocycles. The number of fused-ring (bicyclic) bond motifs is 2. The predicted molar refractivity (Wildman–Crippen MR) is 169 cm³/mol. The van der Waals surface area contributed by atoms with E-state index in [4.69, 9.17) is 4.74 Å². The zero-order chi connectivity index (χ0) is 30.2. The molecule has 1 aliphatic carbocycles. The van der Waals surface area contributed by atoms with Crippen molar-refractivity contribution >= 4 is 17.7 Å². The van der Waals surface area contributed by atoms with E-state index in [9.17, 15) is 14.4 Å². The van der Waals surface area contributed by atoms with Gasteiger partial charge in [-0.2, -0.15) is 0 Å². The number of rotatable bonds is 9. The first-order valence-corrected chi connectivity index (χ1v) is 17.1. The number of Topliss-reactive ketones (excluding diaryl/α,β-unsaturated/α-hetero) is 1. The summed E-state index contributed by atoms with van der Waals surface area (Å²) in [6.45, 7) is 9.29. The van der Waals surface area contributed by atoms with Gasteiger partial charge in [0.25, 0.3) is 0 Å². The highest BCUT2D eigenvalue weighted by Gasteiger charge is 2.36. The molecule has 2 bridgehead atoms. The van der Waals surface area contributed by atoms with Crippen molar-refractivity contribution in [3.63, 3.8) is 0 Å². The predicted octanol–water partition coefficient (Wildman–Crippen LogP) is 5.57. The van der Waals surface area contributed by atoms with E-state index in [0.717, 1.165) is 83.5 Å². The molecule has 1 aromatic rings. The van der Waals surface area contributed by atoms with Crippen molar-refractivity contribution < 1.29 is 19.1 Å². The second kappa shape index (κ2) is 15.5. The van der Waals surface area contributed by atoms with Gasteiger partial charge in [-0.3, -0.25) is 14.5 Å². The number of ketones is 1. The maximum atomic E-state index is 13.8. The molecule has 8 nitrogen and oxygen atoms in total. The molecule has 3 atom stereocenters. The lowest BCUT2D eigenvalue weighted by atomic mass is 9.87. The van der Waals surface area contributed by atoms with E-state index < -0.39 is 0 Å². The minimum absolute atomic E-state index is 0.0485. The standard InChI is InChI=1S/C35H54N4O4/c1-26(2)38-21-16-31-13-12-30(9-6-20-37(35(38)42)25-27-18-23-43-24-19-27)39(31)22-17-33(28-7-4-3-5-8-28)36-34(41)29-10-14-32(40)15-11-29/h3-5,7-8,26-27,29-31,33H,6,9-25H2,1-2H3,(H,36,41)/t30?,31?,33-/m0/s1. The normalized spacial score (nSPS) is 26.0. The Morgan fingerprint density at radius 3 is 2.30 bits per heavy atom. The first-order chi connectivity index (χ1) is 20.9. The van der Waals surface area contributed by atoms with Crippen LogP contribution in [-0.4, -0.2) is 89.9 Å². The number of carbonyl (C=O) groups excluding carboxylic acids is 3. The number of hydrogen-bond donors (Lipinski definition) is 1. The smallest absolute Gasteiger partial charge is 0.320 e. The van der Waals surface area contributed by atoms with Crippen LogP contribution < -0.4 is 5.32 Å². The second-order valence-corrected chi connectivity index (χ2v) is 13.7. The summed E-state index contributed by atoms with van der Waals surface area (Å²) in [7, 11) is 0. The van der Waals surface area contributed by atoms with E-state index >= 15 is 0 Å². The molecule has 3 saturated heterocycles. The SMILES string of the molecule is CC(C)N1CCC2CCC(CCCN(CC3CCOCC3)C1=O)N2CC[C@H](NC(=O)C1CCC(=O)CC1)c1ccccc1. The summed E-state index contributed by atoms with van der Waals surface area (Å²) in [6.07, 6.45) is 10.8. The number of urea groups is 1. The summed E-state index contributed by atoms with van der Waals surface area (Å²) < 4.78 is 5.59. The van der Waals surface area contributed by atoms with Crippen molar-refractivity contribution in [2.75, 3.05) is 39.4 Å². The highest BCUT2D eigenvalue weighted by molar-refractivity contribution is 5.84. The molecule has 3 heterocycles. The van der Waals surface area contributed by atoms with Crippen molar-refractivity contribution in [1.29, 1.82) is 0 Å². The lowest BCUT2D eigenvalue weighted by molar-refractivity contribution is -0.129. The molecule has 0 spiro atoms. The molecule has 0 radical (unpaired) electrons. The van der Waals surface area contributed by atoms with Crippen LogP contribution in [0.4, 0.5) is 4.79 Å². The van der Waals surface area contributed by atoms with Crippen molar-refractivity contribution in [1.82, 2.24) is 20.0 Å². The molecular weight excluding hydrogens is 540 g/mol. The number of hydrogen-bond acceptors (Lipinski definition) is 5. The average molecular weight is 595 g/mol. The maximum absolute atomic E-state index is 13.8. The van der Waals surface area contributed by atoms with Gasteiger partial charge in [-0.15, -0.1) is 0 Å². The summed E-state index contributed by atoms with van der Waals surface area (Å²) >= 11 is 0. The molecule has 8 heteroatoms. The fourth-order valence-electron chi connectivity index (χ4n) is 7.85. The molecule has 1 aromatic carbocycles. The highest BCUT2D eigenvalue weighted by atomic mass is 16.5. The van der Waals surface area contributed by atoms with E-state index in [1.54, 1.807) is 0 Å². The zero-order valence-electron chi connectivity index (χ0n) is 26.6. The van der Waals surface area contributed by atoms with Gasteiger partial charge in [0.1, 0.15) is 5.78 Å². The molecule has 238 valence electrons. The van der Waals surface area contributed by atoms with Crippen molar-refractivity contribution in [2.45, 2.75) is 115 Å². The third-order valence-electron chi connectivity index (χ3n) is 10.5. The van der Waals surface area contributed by atoms with Gasteiger partial charge in [0.05, 0.1) is 6.04 Å². The summed E-state index contributed by atoms with van der Waals surface area (Å²) in [4.78, 5) is 45.9. The van der Waals surface area contributed by atoms with Crippen LogP contribution in [0.2, 0.25) is 0 Å². The number of carbonyl (C=O) groups is 3. The van der Waals surface area contributed by atoms with Gasteiger partial charge in [-0.1, -0.05) is 30.3 Å². The summed E-state index contributed by atoms with van der Waals surface area (Å²) in [5.41, 5.74) is 1.15. The van der Waals surface area contributed by atoms with E-state index in [0.29, 0.717) is 43.7 Å². The Morgan fingerprint density at radius 1 is 0.907 bits per heavy atom. The zero-order valence-corrected chi connectivity index (χ0v) is 26.6. The monoisotopic (exact) mass is 594 g/mol. The molecule has 3 aliphatic heterocycles. The van der Waals surface area contributed by atoms with Gasteiger partial charge in [0, 0.05) is 76.3 Å². The largest absolute Gasteiger partial charge is 0.381 e. The number of nitrogens with one attached hydrogen (secondary N) is 1. The average Bonchev–Trinajstić information content (AvgIpc) is 3.39. The Morgan fingerprint density at radius 2 is 1.60 bits per heavy atom. The van der Waals surface area contributed by atoms with Gasteiger partial charge < -0.3 is 19.9 Å². The Balaban J connectivity index is 1.26. The summed E-state index contributed by atoms with van der Waals surface area (Å²) in [5, 5.41) is 3.39. The molecule has 43 heavy (non-hydrogen) atoms. The van der Waals surface area contributed by atoms with E-state index in [1.165, 1.54) is 12.8 Å². The van der Waals surface area contributed by atoms with Gasteiger partial charge in [0.15, 0.2) is 0 Å². The quantitative estimate of drug-likeness (QED) is 0.404. The minimum atomic E-state index is -0.0681. The van der Waals surface area contributed by atoms with Crippen LogP contribution in [0.1, 0.15) is 103 Å². The van der Waals surface area contributed by atoms with Crippen molar-refractivity contribution in [3.8, 4) is 0 Å². The highest BCUT2D eigenvalue weighted by Crippen LogP contribution is 2.33. The van der Waals surface area contributed by atoms with Crippen molar-refractivity contribution in [2.24, 2.45) is 11.8 Å². The number of amides is 3. The van der Waals surface area contributed by atoms with Crippen LogP contribution in [-0.2, 0) is 14.3 Å². The number of ether oxygens (including phenoxy) is 1. The fraction of sp³-hybridized carbons (Fsp3) is 0.743. The van der Waals surface area contributed by atoms with E-state index in [-0.39, 0.29) is 35.7 Å². The lowest BCUT2D eigenvalue weighted by Crippen LogP contribution is -2.49. The minimum Gasteiger partial charge on any atom is -0.381 e. The van der Waals surface area contributed by atoms with Crippen LogP contribution in [0, 0.1) is 11.8 Å². The maximum Gasteiger partial charge on any atom is 0.320 e. The summed E-state index contributed by atoms with van der Waals surface area (Å²) in [5.74, 6) is 0.839.